The van der Waals surface area contributed by atoms with E-state index in [0.29, 0.717) is 37.4 Å². The molecule has 0 saturated heterocycles. The Labute approximate surface area is 260 Å². The lowest BCUT2D eigenvalue weighted by molar-refractivity contribution is -0.149. The number of esters is 1. The Morgan fingerprint density at radius 1 is 1.17 bits per heavy atom. The van der Waals surface area contributed by atoms with Crippen LogP contribution in [0.2, 0.25) is 0 Å². The number of halogens is 1. The van der Waals surface area contributed by atoms with Crippen molar-refractivity contribution < 1.29 is 28.6 Å². The Bertz CT molecular complexity index is 1280. The van der Waals surface area contributed by atoms with Gasteiger partial charge in [-0.1, -0.05) is 59.0 Å². The van der Waals surface area contributed by atoms with Crippen LogP contribution >= 0.6 is 22.6 Å². The standard InChI is InChI=1S/C31H39IN4O6/c1-5-7-8-12-15-36(3)28(38)23-17-21(16-22(23)27(37)35-31(19-25(31)32)29(39)41-6-2)42-26-18-24(33-30(34-26)40-4)20-13-10-9-11-14-20/h5,9-11,13-14,18,21-23,25H,1,6-8,12,15-17,19H2,2-4H3,(H,35,37)/t21-,22-,23-,25-,31-/m1/s1. The molecular weight excluding hydrogens is 651 g/mol. The first kappa shape index (κ1) is 31.7. The maximum atomic E-state index is 13.7. The molecule has 1 N–H and O–H groups in total. The largest absolute Gasteiger partial charge is 0.474 e. The average molecular weight is 691 g/mol. The van der Waals surface area contributed by atoms with Gasteiger partial charge in [-0.3, -0.25) is 9.59 Å². The second-order valence-electron chi connectivity index (χ2n) is 10.8. The Hall–Kier alpha value is -3.22. The monoisotopic (exact) mass is 690 g/mol. The average Bonchev–Trinajstić information content (AvgIpc) is 3.45. The highest BCUT2D eigenvalue weighted by Crippen LogP contribution is 2.45. The minimum absolute atomic E-state index is 0.0712. The summed E-state index contributed by atoms with van der Waals surface area (Å²) in [7, 11) is 3.25. The lowest BCUT2D eigenvalue weighted by atomic mass is 9.93. The molecule has 226 valence electrons. The molecule has 2 aromatic rings. The normalized spacial score (nSPS) is 24.4. The summed E-state index contributed by atoms with van der Waals surface area (Å²) < 4.78 is 16.8. The van der Waals surface area contributed by atoms with Gasteiger partial charge in [0.2, 0.25) is 17.7 Å². The number of allylic oxidation sites excluding steroid dienone is 1. The summed E-state index contributed by atoms with van der Waals surface area (Å²) in [6.07, 6.45) is 5.18. The summed E-state index contributed by atoms with van der Waals surface area (Å²) >= 11 is 2.16. The summed E-state index contributed by atoms with van der Waals surface area (Å²) in [6.45, 7) is 6.30. The maximum absolute atomic E-state index is 13.7. The molecule has 0 aliphatic heterocycles. The number of carbonyl (C=O) groups is 3. The SMILES string of the molecule is C=CCCCCN(C)C(=O)[C@@H]1C[C@H](Oc2cc(-c3ccccc3)nc(OC)n2)C[C@H]1C(=O)N[C@]1(C(=O)OCC)C[C@H]1I. The third-order valence-electron chi connectivity index (χ3n) is 7.78. The van der Waals surface area contributed by atoms with E-state index >= 15 is 0 Å². The second kappa shape index (κ2) is 14.3. The van der Waals surface area contributed by atoms with Crippen LogP contribution in [0, 0.1) is 11.8 Å². The van der Waals surface area contributed by atoms with Gasteiger partial charge in [0.1, 0.15) is 6.10 Å². The first-order valence-corrected chi connectivity index (χ1v) is 15.6. The van der Waals surface area contributed by atoms with Gasteiger partial charge < -0.3 is 24.4 Å². The number of hydrogen-bond donors (Lipinski definition) is 1. The van der Waals surface area contributed by atoms with Crippen LogP contribution in [-0.2, 0) is 19.1 Å². The summed E-state index contributed by atoms with van der Waals surface area (Å²) in [4.78, 5) is 50.6. The molecule has 2 aliphatic rings. The van der Waals surface area contributed by atoms with Crippen molar-refractivity contribution in [2.75, 3.05) is 27.3 Å². The van der Waals surface area contributed by atoms with Crippen LogP contribution in [0.3, 0.4) is 0 Å². The van der Waals surface area contributed by atoms with Crippen LogP contribution in [0.25, 0.3) is 11.3 Å². The summed E-state index contributed by atoms with van der Waals surface area (Å²) in [6, 6.07) is 11.5. The lowest BCUT2D eigenvalue weighted by Crippen LogP contribution is -2.50. The smallest absolute Gasteiger partial charge is 0.332 e. The number of methoxy groups -OCH3 is 1. The van der Waals surface area contributed by atoms with Crippen molar-refractivity contribution in [3.05, 3.63) is 49.1 Å². The molecule has 1 aromatic heterocycles. The molecule has 0 unspecified atom stereocenters. The van der Waals surface area contributed by atoms with Crippen molar-refractivity contribution >= 4 is 40.4 Å². The van der Waals surface area contributed by atoms with E-state index in [1.165, 1.54) is 7.11 Å². The van der Waals surface area contributed by atoms with E-state index in [9.17, 15) is 14.4 Å². The van der Waals surface area contributed by atoms with E-state index in [1.54, 1.807) is 24.9 Å². The number of ether oxygens (including phenoxy) is 3. The van der Waals surface area contributed by atoms with Gasteiger partial charge in [-0.05, 0) is 45.4 Å². The van der Waals surface area contributed by atoms with Crippen LogP contribution in [0.5, 0.6) is 11.9 Å². The number of aromatic nitrogens is 2. The van der Waals surface area contributed by atoms with Gasteiger partial charge in [0, 0.05) is 29.1 Å². The third-order valence-corrected chi connectivity index (χ3v) is 9.29. The number of hydrogen-bond acceptors (Lipinski definition) is 8. The summed E-state index contributed by atoms with van der Waals surface area (Å²) in [5, 5.41) is 2.96. The first-order chi connectivity index (χ1) is 20.2. The molecule has 2 amide bonds. The second-order valence-corrected chi connectivity index (χ2v) is 12.3. The van der Waals surface area contributed by atoms with Gasteiger partial charge in [0.05, 0.1) is 31.2 Å². The van der Waals surface area contributed by atoms with Crippen molar-refractivity contribution in [3.63, 3.8) is 0 Å². The molecule has 2 aliphatic carbocycles. The third kappa shape index (κ3) is 7.40. The van der Waals surface area contributed by atoms with Gasteiger partial charge in [0.15, 0.2) is 5.54 Å². The van der Waals surface area contributed by atoms with E-state index in [-0.39, 0.29) is 28.4 Å². The number of alkyl halides is 1. The van der Waals surface area contributed by atoms with Crippen molar-refractivity contribution in [1.82, 2.24) is 20.2 Å². The number of rotatable bonds is 14. The molecule has 10 nitrogen and oxygen atoms in total. The topological polar surface area (TPSA) is 120 Å². The highest BCUT2D eigenvalue weighted by molar-refractivity contribution is 14.1. The molecule has 1 heterocycles. The predicted octanol–water partition coefficient (Wildman–Crippen LogP) is 4.37. The van der Waals surface area contributed by atoms with E-state index in [0.717, 1.165) is 24.8 Å². The molecular formula is C31H39IN4O6. The summed E-state index contributed by atoms with van der Waals surface area (Å²) in [5.41, 5.74) is 0.455. The molecule has 2 fully saturated rings. The first-order valence-electron chi connectivity index (χ1n) is 14.4. The lowest BCUT2D eigenvalue weighted by Gasteiger charge is -2.26. The molecule has 4 rings (SSSR count). The minimum atomic E-state index is -1.05. The zero-order valence-electron chi connectivity index (χ0n) is 24.4. The van der Waals surface area contributed by atoms with Crippen LogP contribution in [-0.4, -0.2) is 75.5 Å². The zero-order valence-corrected chi connectivity index (χ0v) is 26.5. The van der Waals surface area contributed by atoms with Crippen molar-refractivity contribution in [1.29, 1.82) is 0 Å². The van der Waals surface area contributed by atoms with E-state index in [1.807, 2.05) is 36.4 Å². The quantitative estimate of drug-likeness (QED) is 0.102. The fourth-order valence-electron chi connectivity index (χ4n) is 5.35. The molecule has 11 heteroatoms. The van der Waals surface area contributed by atoms with Gasteiger partial charge >= 0.3 is 12.0 Å². The van der Waals surface area contributed by atoms with Crippen LogP contribution in [0.15, 0.2) is 49.1 Å². The van der Waals surface area contributed by atoms with E-state index < -0.39 is 29.4 Å². The Morgan fingerprint density at radius 2 is 1.88 bits per heavy atom. The number of unbranched alkanes of at least 4 members (excludes halogenated alkanes) is 2. The number of nitrogens with one attached hydrogen (secondary N) is 1. The van der Waals surface area contributed by atoms with Gasteiger partial charge in [-0.15, -0.1) is 6.58 Å². The van der Waals surface area contributed by atoms with Gasteiger partial charge in [-0.25, -0.2) is 4.79 Å². The molecule has 1 aromatic carbocycles. The number of amides is 2. The van der Waals surface area contributed by atoms with Crippen LogP contribution in [0.4, 0.5) is 0 Å². The van der Waals surface area contributed by atoms with Gasteiger partial charge in [-0.2, -0.15) is 9.97 Å². The Balaban J connectivity index is 1.54. The van der Waals surface area contributed by atoms with Crippen molar-refractivity contribution in [2.24, 2.45) is 11.8 Å². The van der Waals surface area contributed by atoms with E-state index in [4.69, 9.17) is 14.2 Å². The number of benzene rings is 1. The number of nitrogens with zero attached hydrogens (tertiary/aromatic N) is 3. The molecule has 0 spiro atoms. The fraction of sp³-hybridized carbons (Fsp3) is 0.516. The Kier molecular flexibility index (Phi) is 10.8. The highest BCUT2D eigenvalue weighted by atomic mass is 127. The molecule has 2 saturated carbocycles. The molecule has 0 bridgehead atoms. The molecule has 5 atom stereocenters. The van der Waals surface area contributed by atoms with Gasteiger partial charge in [0.25, 0.3) is 0 Å². The van der Waals surface area contributed by atoms with Crippen molar-refractivity contribution in [2.45, 2.75) is 61.0 Å². The number of carbonyl (C=O) groups excluding carboxylic acids is 3. The maximum Gasteiger partial charge on any atom is 0.332 e. The molecule has 42 heavy (non-hydrogen) atoms. The predicted molar refractivity (Wildman–Crippen MR) is 166 cm³/mol. The Morgan fingerprint density at radius 3 is 2.52 bits per heavy atom. The fourth-order valence-corrected chi connectivity index (χ4v) is 6.46. The van der Waals surface area contributed by atoms with E-state index in [2.05, 4.69) is 44.5 Å². The zero-order chi connectivity index (χ0) is 30.3. The minimum Gasteiger partial charge on any atom is -0.474 e. The van der Waals surface area contributed by atoms with Crippen LogP contribution < -0.4 is 14.8 Å². The summed E-state index contributed by atoms with van der Waals surface area (Å²) in [5.74, 6) is -1.87. The van der Waals surface area contributed by atoms with Crippen LogP contribution in [0.1, 0.15) is 45.4 Å². The molecule has 0 radical (unpaired) electrons. The van der Waals surface area contributed by atoms with Crippen molar-refractivity contribution in [3.8, 4) is 23.1 Å². The highest BCUT2D eigenvalue weighted by Gasteiger charge is 2.62.